The average Bonchev–Trinajstić information content (AvgIpc) is 3.53. The standard InChI is InChI=1S/C25H21FN4O2S/c26-20-8-6-19(7-9-20)25-16-28-21(14-18-10-13-33-23(18)28)22(31)29(25)11-12-30(25)24(32)27-15-17-4-2-1-3-5-17/h1-10,13-14H,11-12,15-16H2,(H,27,32). The fraction of sp³-hybridized carbons (Fsp3) is 0.200. The number of halogens is 1. The van der Waals surface area contributed by atoms with Crippen LogP contribution in [0.2, 0.25) is 0 Å². The molecule has 2 aromatic carbocycles. The zero-order chi connectivity index (χ0) is 22.6. The van der Waals surface area contributed by atoms with Crippen molar-refractivity contribution >= 4 is 33.5 Å². The van der Waals surface area contributed by atoms with Gasteiger partial charge in [0, 0.05) is 30.6 Å². The molecule has 6 rings (SSSR count). The van der Waals surface area contributed by atoms with Crippen molar-refractivity contribution in [2.75, 3.05) is 13.1 Å². The van der Waals surface area contributed by atoms with E-state index in [-0.39, 0.29) is 17.8 Å². The Hall–Kier alpha value is -3.65. The second kappa shape index (κ2) is 7.45. The Bertz CT molecular complexity index is 1360. The van der Waals surface area contributed by atoms with Gasteiger partial charge in [0.2, 0.25) is 0 Å². The molecule has 2 aliphatic heterocycles. The minimum atomic E-state index is -1.03. The largest absolute Gasteiger partial charge is 0.334 e. The van der Waals surface area contributed by atoms with E-state index in [1.165, 1.54) is 12.1 Å². The van der Waals surface area contributed by atoms with E-state index in [2.05, 4.69) is 5.32 Å². The monoisotopic (exact) mass is 460 g/mol. The highest BCUT2D eigenvalue weighted by molar-refractivity contribution is 7.16. The normalized spacial score (nSPS) is 19.6. The Kier molecular flexibility index (Phi) is 4.51. The lowest BCUT2D eigenvalue weighted by Gasteiger charge is -2.47. The molecule has 4 heterocycles. The predicted octanol–water partition coefficient (Wildman–Crippen LogP) is 4.38. The van der Waals surface area contributed by atoms with Crippen LogP contribution in [0.5, 0.6) is 0 Å². The molecule has 8 heteroatoms. The van der Waals surface area contributed by atoms with Gasteiger partial charge in [-0.15, -0.1) is 11.3 Å². The van der Waals surface area contributed by atoms with E-state index in [9.17, 15) is 14.0 Å². The van der Waals surface area contributed by atoms with Crippen molar-refractivity contribution in [3.63, 3.8) is 0 Å². The van der Waals surface area contributed by atoms with E-state index in [0.29, 0.717) is 37.4 Å². The summed E-state index contributed by atoms with van der Waals surface area (Å²) in [5, 5.41) is 6.02. The molecular formula is C25H21FN4O2S. The molecule has 6 nitrogen and oxygen atoms in total. The Morgan fingerprint density at radius 2 is 1.85 bits per heavy atom. The van der Waals surface area contributed by atoms with Crippen LogP contribution in [0.1, 0.15) is 21.6 Å². The smallest absolute Gasteiger partial charge is 0.319 e. The highest BCUT2D eigenvalue weighted by atomic mass is 32.1. The Morgan fingerprint density at radius 3 is 2.64 bits per heavy atom. The number of urea groups is 1. The number of rotatable bonds is 3. The first-order chi connectivity index (χ1) is 16.1. The number of nitrogens with zero attached hydrogens (tertiary/aromatic N) is 3. The highest BCUT2D eigenvalue weighted by Crippen LogP contribution is 2.45. The van der Waals surface area contributed by atoms with Crippen LogP contribution < -0.4 is 5.32 Å². The zero-order valence-corrected chi connectivity index (χ0v) is 18.5. The maximum Gasteiger partial charge on any atom is 0.319 e. The number of carbonyl (C=O) groups is 2. The first-order valence-electron chi connectivity index (χ1n) is 10.8. The summed E-state index contributed by atoms with van der Waals surface area (Å²) in [6.07, 6.45) is 0. The van der Waals surface area contributed by atoms with Gasteiger partial charge in [-0.3, -0.25) is 9.69 Å². The van der Waals surface area contributed by atoms with Gasteiger partial charge in [0.05, 0.1) is 6.54 Å². The molecule has 0 spiro atoms. The van der Waals surface area contributed by atoms with Crippen molar-refractivity contribution in [2.45, 2.75) is 18.8 Å². The summed E-state index contributed by atoms with van der Waals surface area (Å²) in [6, 6.07) is 19.5. The Balaban J connectivity index is 1.44. The van der Waals surface area contributed by atoms with Crippen LogP contribution in [-0.2, 0) is 18.8 Å². The molecule has 33 heavy (non-hydrogen) atoms. The molecule has 0 aliphatic carbocycles. The molecule has 3 amide bonds. The van der Waals surface area contributed by atoms with E-state index in [1.807, 2.05) is 52.4 Å². The number of aromatic nitrogens is 1. The summed E-state index contributed by atoms with van der Waals surface area (Å²) >= 11 is 1.57. The van der Waals surface area contributed by atoms with Crippen molar-refractivity contribution in [1.29, 1.82) is 0 Å². The minimum Gasteiger partial charge on any atom is -0.334 e. The summed E-state index contributed by atoms with van der Waals surface area (Å²) < 4.78 is 15.8. The molecule has 2 aromatic heterocycles. The zero-order valence-electron chi connectivity index (χ0n) is 17.7. The third kappa shape index (κ3) is 2.97. The summed E-state index contributed by atoms with van der Waals surface area (Å²) in [4.78, 5) is 31.6. The number of nitrogens with one attached hydrogen (secondary N) is 1. The molecule has 0 saturated carbocycles. The van der Waals surface area contributed by atoms with Gasteiger partial charge < -0.3 is 14.8 Å². The van der Waals surface area contributed by atoms with Crippen LogP contribution >= 0.6 is 11.3 Å². The molecule has 2 aliphatic rings. The maximum atomic E-state index is 13.8. The first-order valence-corrected chi connectivity index (χ1v) is 11.7. The van der Waals surface area contributed by atoms with Crippen LogP contribution in [0.4, 0.5) is 9.18 Å². The summed E-state index contributed by atoms with van der Waals surface area (Å²) in [5.41, 5.74) is 1.30. The van der Waals surface area contributed by atoms with Crippen molar-refractivity contribution in [3.8, 4) is 0 Å². The van der Waals surface area contributed by atoms with Gasteiger partial charge in [0.1, 0.15) is 16.3 Å². The summed E-state index contributed by atoms with van der Waals surface area (Å²) in [5.74, 6) is -0.475. The Labute approximate surface area is 193 Å². The maximum absolute atomic E-state index is 13.8. The van der Waals surface area contributed by atoms with Gasteiger partial charge in [-0.2, -0.15) is 0 Å². The molecule has 166 valence electrons. The van der Waals surface area contributed by atoms with Crippen LogP contribution in [0, 0.1) is 5.82 Å². The van der Waals surface area contributed by atoms with Gasteiger partial charge in [-0.1, -0.05) is 42.5 Å². The summed E-state index contributed by atoms with van der Waals surface area (Å²) in [6.45, 7) is 1.58. The van der Waals surface area contributed by atoms with Gasteiger partial charge in [-0.05, 0) is 35.2 Å². The molecule has 1 atom stereocenters. The van der Waals surface area contributed by atoms with Crippen LogP contribution in [0.25, 0.3) is 10.2 Å². The quantitative estimate of drug-likeness (QED) is 0.494. The van der Waals surface area contributed by atoms with E-state index in [1.54, 1.807) is 33.3 Å². The second-order valence-corrected chi connectivity index (χ2v) is 9.27. The van der Waals surface area contributed by atoms with E-state index >= 15 is 0 Å². The van der Waals surface area contributed by atoms with Crippen molar-refractivity contribution in [3.05, 3.63) is 94.7 Å². The van der Waals surface area contributed by atoms with Crippen molar-refractivity contribution in [2.24, 2.45) is 0 Å². The lowest BCUT2D eigenvalue weighted by atomic mass is 9.94. The van der Waals surface area contributed by atoms with Gasteiger partial charge in [0.15, 0.2) is 5.66 Å². The predicted molar refractivity (Wildman–Crippen MR) is 124 cm³/mol. The number of thiophene rings is 1. The summed E-state index contributed by atoms with van der Waals surface area (Å²) in [7, 11) is 0. The number of fused-ring (bicyclic) bond motifs is 4. The highest BCUT2D eigenvalue weighted by Gasteiger charge is 2.56. The number of benzene rings is 2. The third-order valence-electron chi connectivity index (χ3n) is 6.62. The third-order valence-corrected chi connectivity index (χ3v) is 7.58. The molecule has 1 N–H and O–H groups in total. The van der Waals surface area contributed by atoms with Crippen LogP contribution in [-0.4, -0.2) is 39.4 Å². The fourth-order valence-corrected chi connectivity index (χ4v) is 5.98. The molecule has 1 fully saturated rings. The molecule has 1 unspecified atom stereocenters. The first kappa shape index (κ1) is 20.0. The molecular weight excluding hydrogens is 439 g/mol. The van der Waals surface area contributed by atoms with E-state index < -0.39 is 5.66 Å². The van der Waals surface area contributed by atoms with Crippen LogP contribution in [0.15, 0.2) is 72.1 Å². The number of amides is 3. The van der Waals surface area contributed by atoms with E-state index in [0.717, 1.165) is 15.8 Å². The van der Waals surface area contributed by atoms with Crippen molar-refractivity contribution < 1.29 is 14.0 Å². The SMILES string of the molecule is O=C(NCc1ccccc1)N1CCN2C(=O)c3cc4ccsc4n3CC12c1ccc(F)cc1. The average molecular weight is 461 g/mol. The van der Waals surface area contributed by atoms with Gasteiger partial charge in [0.25, 0.3) is 5.91 Å². The fourth-order valence-electron chi connectivity index (χ4n) is 5.08. The number of hydrogen-bond donors (Lipinski definition) is 1. The lowest BCUT2D eigenvalue weighted by Crippen LogP contribution is -2.61. The Morgan fingerprint density at radius 1 is 1.06 bits per heavy atom. The molecule has 4 aromatic rings. The lowest BCUT2D eigenvalue weighted by molar-refractivity contribution is 0.00551. The molecule has 0 bridgehead atoms. The van der Waals surface area contributed by atoms with E-state index in [4.69, 9.17) is 0 Å². The molecule has 0 radical (unpaired) electrons. The number of carbonyl (C=O) groups excluding carboxylic acids is 2. The van der Waals surface area contributed by atoms with Crippen LogP contribution in [0.3, 0.4) is 0 Å². The minimum absolute atomic E-state index is 0.118. The topological polar surface area (TPSA) is 57.6 Å². The van der Waals surface area contributed by atoms with Gasteiger partial charge >= 0.3 is 6.03 Å². The second-order valence-electron chi connectivity index (χ2n) is 8.37. The molecule has 1 saturated heterocycles. The van der Waals surface area contributed by atoms with Crippen molar-refractivity contribution in [1.82, 2.24) is 19.7 Å². The van der Waals surface area contributed by atoms with Gasteiger partial charge in [-0.25, -0.2) is 9.18 Å². The number of hydrogen-bond acceptors (Lipinski definition) is 3.